The van der Waals surface area contributed by atoms with Crippen molar-refractivity contribution < 1.29 is 9.84 Å². The van der Waals surface area contributed by atoms with Crippen LogP contribution >= 0.6 is 11.8 Å². The van der Waals surface area contributed by atoms with Crippen molar-refractivity contribution in [2.45, 2.75) is 37.4 Å². The quantitative estimate of drug-likeness (QED) is 0.860. The number of aryl methyl sites for hydroxylation is 1. The molecule has 1 heterocycles. The van der Waals surface area contributed by atoms with Crippen molar-refractivity contribution in [3.63, 3.8) is 0 Å². The van der Waals surface area contributed by atoms with Gasteiger partial charge >= 0.3 is 0 Å². The Hall–Kier alpha value is -1.45. The van der Waals surface area contributed by atoms with E-state index in [2.05, 4.69) is 37.3 Å². The number of fused-ring (bicyclic) bond motifs is 1. The lowest BCUT2D eigenvalue weighted by atomic mass is 10.1. The topological polar surface area (TPSA) is 29.5 Å². The maximum absolute atomic E-state index is 9.51. The molecular weight excluding hydrogens is 280 g/mol. The van der Waals surface area contributed by atoms with Gasteiger partial charge in [-0.15, -0.1) is 11.8 Å². The van der Waals surface area contributed by atoms with Crippen molar-refractivity contribution in [3.05, 3.63) is 59.2 Å². The van der Waals surface area contributed by atoms with Crippen LogP contribution < -0.4 is 4.74 Å². The van der Waals surface area contributed by atoms with Crippen molar-refractivity contribution in [1.82, 2.24) is 0 Å². The van der Waals surface area contributed by atoms with Crippen molar-refractivity contribution in [2.24, 2.45) is 0 Å². The van der Waals surface area contributed by atoms with E-state index >= 15 is 0 Å². The second-order valence-corrected chi connectivity index (χ2v) is 6.70. The van der Waals surface area contributed by atoms with Crippen LogP contribution in [0.2, 0.25) is 0 Å². The molecule has 3 heteroatoms. The molecule has 0 saturated carbocycles. The third-order valence-electron chi connectivity index (χ3n) is 3.76. The van der Waals surface area contributed by atoms with Gasteiger partial charge in [0.2, 0.25) is 0 Å². The minimum absolute atomic E-state index is 0.253. The highest BCUT2D eigenvalue weighted by Crippen LogP contribution is 2.32. The molecule has 0 bridgehead atoms. The summed E-state index contributed by atoms with van der Waals surface area (Å²) in [6, 6.07) is 14.5. The van der Waals surface area contributed by atoms with Crippen LogP contribution in [0.1, 0.15) is 29.7 Å². The molecular formula is C18H20O2S. The molecule has 1 N–H and O–H groups in total. The molecule has 0 spiro atoms. The van der Waals surface area contributed by atoms with Crippen LogP contribution in [0.5, 0.6) is 5.75 Å². The van der Waals surface area contributed by atoms with Crippen molar-refractivity contribution >= 4 is 11.8 Å². The normalized spacial score (nSPS) is 18.1. The molecule has 2 aromatic rings. The lowest BCUT2D eigenvalue weighted by molar-refractivity contribution is 0.199. The van der Waals surface area contributed by atoms with E-state index in [0.29, 0.717) is 0 Å². The van der Waals surface area contributed by atoms with E-state index in [1.165, 1.54) is 16.0 Å². The second-order valence-electron chi connectivity index (χ2n) is 5.61. The molecule has 2 aromatic carbocycles. The fourth-order valence-electron chi connectivity index (χ4n) is 2.57. The Labute approximate surface area is 130 Å². The number of hydrogen-bond donors (Lipinski definition) is 1. The summed E-state index contributed by atoms with van der Waals surface area (Å²) in [7, 11) is 0. The van der Waals surface area contributed by atoms with Gasteiger partial charge in [0.15, 0.2) is 0 Å². The Kier molecular flexibility index (Phi) is 4.22. The second kappa shape index (κ2) is 6.12. The minimum atomic E-state index is -0.403. The number of aliphatic hydroxyl groups excluding tert-OH is 1. The predicted molar refractivity (Wildman–Crippen MR) is 87.1 cm³/mol. The van der Waals surface area contributed by atoms with Crippen molar-refractivity contribution in [1.29, 1.82) is 0 Å². The summed E-state index contributed by atoms with van der Waals surface area (Å²) in [5.41, 5.74) is 3.57. The van der Waals surface area contributed by atoms with Crippen LogP contribution in [0.4, 0.5) is 0 Å². The minimum Gasteiger partial charge on any atom is -0.489 e. The average Bonchev–Trinajstić information content (AvgIpc) is 2.87. The molecule has 0 aromatic heterocycles. The van der Waals surface area contributed by atoms with Crippen LogP contribution in [0, 0.1) is 6.92 Å². The van der Waals surface area contributed by atoms with Gasteiger partial charge in [0.05, 0.1) is 6.10 Å². The summed E-state index contributed by atoms with van der Waals surface area (Å²) in [5, 5.41) is 9.51. The van der Waals surface area contributed by atoms with Gasteiger partial charge in [0.25, 0.3) is 0 Å². The first-order chi connectivity index (χ1) is 10.1. The Morgan fingerprint density at radius 3 is 2.71 bits per heavy atom. The zero-order valence-electron chi connectivity index (χ0n) is 12.4. The summed E-state index contributed by atoms with van der Waals surface area (Å²) >= 11 is 1.81. The first-order valence-electron chi connectivity index (χ1n) is 7.29. The van der Waals surface area contributed by atoms with Crippen molar-refractivity contribution in [2.75, 3.05) is 5.75 Å². The molecule has 21 heavy (non-hydrogen) atoms. The highest BCUT2D eigenvalue weighted by Gasteiger charge is 2.22. The number of hydrogen-bond acceptors (Lipinski definition) is 3. The summed E-state index contributed by atoms with van der Waals surface area (Å²) in [6.07, 6.45) is 0.846. The smallest absolute Gasteiger partial charge is 0.123 e. The molecule has 0 amide bonds. The number of thioether (sulfide) groups is 1. The van der Waals surface area contributed by atoms with E-state index in [-0.39, 0.29) is 6.10 Å². The van der Waals surface area contributed by atoms with Gasteiger partial charge in [0, 0.05) is 17.1 Å². The molecule has 3 rings (SSSR count). The number of ether oxygens (including phenoxy) is 1. The van der Waals surface area contributed by atoms with E-state index in [1.807, 2.05) is 12.1 Å². The number of rotatable bonds is 4. The number of benzene rings is 2. The molecule has 0 fully saturated rings. The van der Waals surface area contributed by atoms with Crippen LogP contribution in [0.3, 0.4) is 0 Å². The summed E-state index contributed by atoms with van der Waals surface area (Å²) < 4.78 is 5.98. The molecule has 2 nitrogen and oxygen atoms in total. The third kappa shape index (κ3) is 3.42. The molecule has 2 unspecified atom stereocenters. The van der Waals surface area contributed by atoms with Crippen LogP contribution in [0.25, 0.3) is 0 Å². The molecule has 2 atom stereocenters. The highest BCUT2D eigenvalue weighted by atomic mass is 32.2. The van der Waals surface area contributed by atoms with Crippen molar-refractivity contribution in [3.8, 4) is 5.75 Å². The van der Waals surface area contributed by atoms with E-state index in [4.69, 9.17) is 4.74 Å². The molecule has 0 saturated heterocycles. The standard InChI is InChI=1S/C18H20O2S/c1-12-3-8-18-15(9-12)10-16(20-18)11-21-17-6-4-14(5-7-17)13(2)19/h3-9,13,16,19H,10-11H2,1-2H3. The monoisotopic (exact) mass is 300 g/mol. The fraction of sp³-hybridized carbons (Fsp3) is 0.333. The van der Waals surface area contributed by atoms with E-state index in [9.17, 15) is 5.11 Å². The Morgan fingerprint density at radius 1 is 1.24 bits per heavy atom. The molecule has 1 aliphatic heterocycles. The van der Waals surface area contributed by atoms with Crippen LogP contribution in [-0.2, 0) is 6.42 Å². The Morgan fingerprint density at radius 2 is 2.00 bits per heavy atom. The van der Waals surface area contributed by atoms with E-state index in [0.717, 1.165) is 23.5 Å². The molecule has 0 radical (unpaired) electrons. The molecule has 0 aliphatic carbocycles. The lowest BCUT2D eigenvalue weighted by Gasteiger charge is -2.11. The van der Waals surface area contributed by atoms with E-state index < -0.39 is 6.10 Å². The lowest BCUT2D eigenvalue weighted by Crippen LogP contribution is -2.15. The van der Waals surface area contributed by atoms with E-state index in [1.54, 1.807) is 18.7 Å². The average molecular weight is 300 g/mol. The zero-order chi connectivity index (χ0) is 14.8. The third-order valence-corrected chi connectivity index (χ3v) is 4.90. The Balaban J connectivity index is 1.57. The fourth-order valence-corrected chi connectivity index (χ4v) is 3.47. The SMILES string of the molecule is Cc1ccc2c(c1)CC(CSc1ccc(C(C)O)cc1)O2. The van der Waals surface area contributed by atoms with Crippen LogP contribution in [0.15, 0.2) is 47.4 Å². The number of aliphatic hydroxyl groups is 1. The van der Waals surface area contributed by atoms with Gasteiger partial charge in [0.1, 0.15) is 11.9 Å². The van der Waals surface area contributed by atoms with Gasteiger partial charge < -0.3 is 9.84 Å². The van der Waals surface area contributed by atoms with Gasteiger partial charge in [-0.25, -0.2) is 0 Å². The summed E-state index contributed by atoms with van der Waals surface area (Å²) in [6.45, 7) is 3.90. The van der Waals surface area contributed by atoms with Gasteiger partial charge in [-0.3, -0.25) is 0 Å². The van der Waals surface area contributed by atoms with Gasteiger partial charge in [-0.2, -0.15) is 0 Å². The Bertz CT molecular complexity index is 620. The van der Waals surface area contributed by atoms with Crippen LogP contribution in [-0.4, -0.2) is 17.0 Å². The molecule has 1 aliphatic rings. The first-order valence-corrected chi connectivity index (χ1v) is 8.27. The summed E-state index contributed by atoms with van der Waals surface area (Å²) in [4.78, 5) is 1.22. The predicted octanol–water partition coefficient (Wildman–Crippen LogP) is 4.14. The largest absolute Gasteiger partial charge is 0.489 e. The summed E-state index contributed by atoms with van der Waals surface area (Å²) in [5.74, 6) is 1.98. The first kappa shape index (κ1) is 14.5. The maximum atomic E-state index is 9.51. The zero-order valence-corrected chi connectivity index (χ0v) is 13.2. The highest BCUT2D eigenvalue weighted by molar-refractivity contribution is 7.99. The van der Waals surface area contributed by atoms with Gasteiger partial charge in [-0.05, 0) is 43.2 Å². The van der Waals surface area contributed by atoms with Gasteiger partial charge in [-0.1, -0.05) is 29.8 Å². The molecule has 110 valence electrons. The maximum Gasteiger partial charge on any atom is 0.123 e.